The summed E-state index contributed by atoms with van der Waals surface area (Å²) in [6.07, 6.45) is 11.6. The number of aromatic amines is 2. The van der Waals surface area contributed by atoms with E-state index in [0.717, 1.165) is 83.0 Å². The zero-order valence-corrected chi connectivity index (χ0v) is 31.5. The number of likely N-dealkylation sites (tertiary alicyclic amines) is 1. The van der Waals surface area contributed by atoms with Crippen molar-refractivity contribution in [3.05, 3.63) is 103 Å². The molecule has 12 heteroatoms. The van der Waals surface area contributed by atoms with E-state index in [-0.39, 0.29) is 35.6 Å². The monoisotopic (exact) mass is 740 g/mol. The Kier molecular flexibility index (Phi) is 10.2. The first-order valence-corrected chi connectivity index (χ1v) is 19.4. The van der Waals surface area contributed by atoms with E-state index in [4.69, 9.17) is 9.72 Å². The third kappa shape index (κ3) is 7.37. The van der Waals surface area contributed by atoms with Gasteiger partial charge in [0.05, 0.1) is 42.9 Å². The number of hydrogen-bond donors (Lipinski definition) is 4. The number of ether oxygens (including phenoxy) is 1. The van der Waals surface area contributed by atoms with Crippen LogP contribution in [0.1, 0.15) is 75.1 Å². The van der Waals surface area contributed by atoms with Gasteiger partial charge in [-0.25, -0.2) is 14.8 Å². The molecule has 4 heterocycles. The number of alkyl carbamates (subject to hydrolysis) is 1. The zero-order valence-electron chi connectivity index (χ0n) is 31.5. The number of imidazole rings is 2. The molecule has 2 saturated carbocycles. The van der Waals surface area contributed by atoms with Gasteiger partial charge in [-0.2, -0.15) is 0 Å². The van der Waals surface area contributed by atoms with Crippen LogP contribution in [0.15, 0.2) is 85.5 Å². The zero-order chi connectivity index (χ0) is 38.1. The van der Waals surface area contributed by atoms with Crippen LogP contribution in [-0.2, 0) is 20.9 Å². The van der Waals surface area contributed by atoms with Crippen molar-refractivity contribution in [1.29, 1.82) is 0 Å². The van der Waals surface area contributed by atoms with Crippen molar-refractivity contribution in [1.82, 2.24) is 40.5 Å². The van der Waals surface area contributed by atoms with Crippen molar-refractivity contribution in [3.8, 4) is 33.6 Å². The van der Waals surface area contributed by atoms with Gasteiger partial charge in [0.1, 0.15) is 17.7 Å². The molecular weight excluding hydrogens is 693 g/mol. The number of hydrogen-bond acceptors (Lipinski definition) is 7. The summed E-state index contributed by atoms with van der Waals surface area (Å²) in [5.41, 5.74) is 7.06. The second-order valence-electron chi connectivity index (χ2n) is 15.5. The van der Waals surface area contributed by atoms with E-state index in [1.54, 1.807) is 12.4 Å². The quantitative estimate of drug-likeness (QED) is 0.113. The van der Waals surface area contributed by atoms with Crippen LogP contribution in [0.25, 0.3) is 33.6 Å². The normalized spacial score (nSPS) is 22.2. The molecule has 2 aliphatic carbocycles. The summed E-state index contributed by atoms with van der Waals surface area (Å²) in [4.78, 5) is 61.6. The van der Waals surface area contributed by atoms with Gasteiger partial charge in [0.25, 0.3) is 0 Å². The van der Waals surface area contributed by atoms with Crippen molar-refractivity contribution in [3.63, 3.8) is 0 Å². The number of pyridine rings is 1. The van der Waals surface area contributed by atoms with Gasteiger partial charge in [-0.3, -0.25) is 14.6 Å². The van der Waals surface area contributed by atoms with Gasteiger partial charge in [-0.1, -0.05) is 68.4 Å². The maximum Gasteiger partial charge on any atom is 0.407 e. The lowest BCUT2D eigenvalue weighted by Crippen LogP contribution is -2.51. The average Bonchev–Trinajstić information content (AvgIpc) is 4.07. The van der Waals surface area contributed by atoms with E-state index in [0.29, 0.717) is 24.9 Å². The number of fused-ring (bicyclic) bond motifs is 2. The first kappa shape index (κ1) is 36.2. The number of nitrogens with one attached hydrogen (secondary N) is 4. The second kappa shape index (κ2) is 15.5. The SMILES string of the molecule is COC(=O)N[C@H](C(=O)N1CCC[C@H]1c1ncc(-c2ccc(-c3ccc(-c4cnc(C5[C@H]6CC[C@H](C6)[C@H]5C(=O)NCc5cccnc5)[nH]4)cc3)cc2)[nH]1)C(C)C. The van der Waals surface area contributed by atoms with Gasteiger partial charge in [-0.05, 0) is 83.7 Å². The molecular formula is C43H48N8O4. The van der Waals surface area contributed by atoms with Gasteiger partial charge in [-0.15, -0.1) is 0 Å². The van der Waals surface area contributed by atoms with Crippen molar-refractivity contribution < 1.29 is 19.1 Å². The molecule has 0 spiro atoms. The van der Waals surface area contributed by atoms with Gasteiger partial charge in [0.15, 0.2) is 0 Å². The highest BCUT2D eigenvalue weighted by molar-refractivity contribution is 5.86. The van der Waals surface area contributed by atoms with E-state index >= 15 is 0 Å². The molecule has 55 heavy (non-hydrogen) atoms. The molecule has 1 unspecified atom stereocenters. The minimum absolute atomic E-state index is 0.0750. The van der Waals surface area contributed by atoms with Crippen LogP contribution in [0.4, 0.5) is 4.79 Å². The van der Waals surface area contributed by atoms with Gasteiger partial charge in [0.2, 0.25) is 11.8 Å². The van der Waals surface area contributed by atoms with Crippen LogP contribution < -0.4 is 10.6 Å². The highest BCUT2D eigenvalue weighted by Gasteiger charge is 2.52. The number of benzene rings is 2. The lowest BCUT2D eigenvalue weighted by molar-refractivity contribution is -0.135. The third-order valence-electron chi connectivity index (χ3n) is 11.9. The maximum absolute atomic E-state index is 13.5. The van der Waals surface area contributed by atoms with E-state index in [9.17, 15) is 14.4 Å². The first-order chi connectivity index (χ1) is 26.8. The molecule has 284 valence electrons. The summed E-state index contributed by atoms with van der Waals surface area (Å²) >= 11 is 0. The molecule has 5 aromatic rings. The predicted molar refractivity (Wildman–Crippen MR) is 208 cm³/mol. The molecule has 0 radical (unpaired) electrons. The number of nitrogens with zero attached hydrogens (tertiary/aromatic N) is 4. The molecule has 4 N–H and O–H groups in total. The Morgan fingerprint density at radius 1 is 0.836 bits per heavy atom. The maximum atomic E-state index is 13.5. The largest absolute Gasteiger partial charge is 0.453 e. The number of rotatable bonds is 11. The van der Waals surface area contributed by atoms with Gasteiger partial charge >= 0.3 is 6.09 Å². The molecule has 2 bridgehead atoms. The molecule has 2 aromatic carbocycles. The van der Waals surface area contributed by atoms with Gasteiger partial charge in [0, 0.05) is 31.4 Å². The van der Waals surface area contributed by atoms with Crippen LogP contribution >= 0.6 is 0 Å². The highest BCUT2D eigenvalue weighted by atomic mass is 16.5. The molecule has 3 aromatic heterocycles. The number of carbonyl (C=O) groups excluding carboxylic acids is 3. The fourth-order valence-corrected chi connectivity index (χ4v) is 9.05. The lowest BCUT2D eigenvalue weighted by atomic mass is 9.78. The Morgan fingerprint density at radius 2 is 1.47 bits per heavy atom. The minimum Gasteiger partial charge on any atom is -0.453 e. The highest BCUT2D eigenvalue weighted by Crippen LogP contribution is 2.56. The molecule has 1 aliphatic heterocycles. The molecule has 8 rings (SSSR count). The molecule has 3 aliphatic rings. The average molecular weight is 741 g/mol. The van der Waals surface area contributed by atoms with E-state index < -0.39 is 12.1 Å². The smallest absolute Gasteiger partial charge is 0.407 e. The number of carbonyl (C=O) groups is 3. The third-order valence-corrected chi connectivity index (χ3v) is 11.9. The number of methoxy groups -OCH3 is 1. The predicted octanol–water partition coefficient (Wildman–Crippen LogP) is 7.02. The minimum atomic E-state index is -0.676. The second-order valence-corrected chi connectivity index (χ2v) is 15.5. The van der Waals surface area contributed by atoms with Crippen LogP contribution in [0.3, 0.4) is 0 Å². The fourth-order valence-electron chi connectivity index (χ4n) is 9.05. The van der Waals surface area contributed by atoms with E-state index in [2.05, 4.69) is 79.1 Å². The van der Waals surface area contributed by atoms with Crippen molar-refractivity contribution in [2.75, 3.05) is 13.7 Å². The molecule has 3 fully saturated rings. The van der Waals surface area contributed by atoms with E-state index in [1.165, 1.54) is 7.11 Å². The Hall–Kier alpha value is -5.78. The van der Waals surface area contributed by atoms with Gasteiger partial charge < -0.3 is 30.2 Å². The summed E-state index contributed by atoms with van der Waals surface area (Å²) < 4.78 is 4.76. The molecule has 12 nitrogen and oxygen atoms in total. The van der Waals surface area contributed by atoms with Crippen molar-refractivity contribution in [2.24, 2.45) is 23.7 Å². The lowest BCUT2D eigenvalue weighted by Gasteiger charge is -2.30. The summed E-state index contributed by atoms with van der Waals surface area (Å²) in [6.45, 7) is 4.91. The summed E-state index contributed by atoms with van der Waals surface area (Å²) in [5, 5.41) is 5.88. The van der Waals surface area contributed by atoms with Crippen molar-refractivity contribution >= 4 is 17.9 Å². The Morgan fingerprint density at radius 3 is 2.11 bits per heavy atom. The summed E-state index contributed by atoms with van der Waals surface area (Å²) in [7, 11) is 1.30. The molecule has 6 atom stereocenters. The number of aromatic nitrogens is 5. The Bertz CT molecular complexity index is 2130. The summed E-state index contributed by atoms with van der Waals surface area (Å²) in [6, 6.07) is 19.8. The first-order valence-electron chi connectivity index (χ1n) is 19.4. The topological polar surface area (TPSA) is 158 Å². The number of H-pyrrole nitrogens is 2. The fraction of sp³-hybridized carbons (Fsp3) is 0.395. The van der Waals surface area contributed by atoms with Crippen LogP contribution in [0.5, 0.6) is 0 Å². The van der Waals surface area contributed by atoms with Crippen LogP contribution in [0, 0.1) is 23.7 Å². The van der Waals surface area contributed by atoms with Crippen LogP contribution in [0.2, 0.25) is 0 Å². The number of amides is 3. The molecule has 1 saturated heterocycles. The van der Waals surface area contributed by atoms with E-state index in [1.807, 2.05) is 43.3 Å². The summed E-state index contributed by atoms with van der Waals surface area (Å²) in [5.74, 6) is 2.42. The Balaban J connectivity index is 0.918. The Labute approximate surface area is 320 Å². The van der Waals surface area contributed by atoms with Crippen molar-refractivity contribution in [2.45, 2.75) is 70.5 Å². The molecule has 3 amide bonds. The van der Waals surface area contributed by atoms with Crippen LogP contribution in [-0.4, -0.2) is 67.4 Å². The standard InChI is InChI=1S/C43H48N8O4/c1-25(2)38(50-43(54)55-3)42(53)51-19-5-7-35(51)39-45-23-33(48-39)29-12-8-27(9-13-29)28-10-14-30(15-11-28)34-24-46-40(49-34)36-31-16-17-32(20-31)37(36)41(52)47-22-26-6-4-18-44-21-26/h4,6,8-15,18,21,23-25,31-32,35-38H,5,7,16-17,19-20,22H2,1-3H3,(H,45,48)(H,46,49)(H,47,52)(H,50,54)/t31-,32+,35-,36?,37+,38-/m0/s1.